The van der Waals surface area contributed by atoms with Crippen molar-refractivity contribution < 1.29 is 18.6 Å². The number of hydrogen-bond donors (Lipinski definition) is 1. The fourth-order valence-electron chi connectivity index (χ4n) is 2.98. The molecule has 0 bridgehead atoms. The molecule has 0 unspecified atom stereocenters. The van der Waals surface area contributed by atoms with Crippen LogP contribution in [-0.2, 0) is 9.47 Å². The minimum Gasteiger partial charge on any atom is -0.494 e. The summed E-state index contributed by atoms with van der Waals surface area (Å²) >= 11 is 0. The maximum Gasteiger partial charge on any atom is 0.168 e. The molecule has 0 aromatic heterocycles. The Hall–Kier alpha value is -1.33. The van der Waals surface area contributed by atoms with Crippen molar-refractivity contribution in [2.24, 2.45) is 0 Å². The second-order valence-corrected chi connectivity index (χ2v) is 5.38. The molecule has 1 aromatic rings. The van der Waals surface area contributed by atoms with E-state index in [2.05, 4.69) is 5.32 Å². The molecule has 1 saturated heterocycles. The van der Waals surface area contributed by atoms with E-state index in [-0.39, 0.29) is 17.4 Å². The molecule has 1 N–H and O–H groups in total. The maximum absolute atomic E-state index is 13.6. The Morgan fingerprint density at radius 1 is 1.25 bits per heavy atom. The first-order valence-electron chi connectivity index (χ1n) is 7.09. The highest BCUT2D eigenvalue weighted by Gasteiger charge is 2.40. The van der Waals surface area contributed by atoms with Crippen molar-refractivity contribution in [3.63, 3.8) is 0 Å². The Labute approximate surface area is 118 Å². The van der Waals surface area contributed by atoms with E-state index in [1.54, 1.807) is 6.07 Å². The third-order valence-electron chi connectivity index (χ3n) is 4.08. The Bertz CT molecular complexity index is 464. The van der Waals surface area contributed by atoms with Crippen LogP contribution < -0.4 is 10.1 Å². The average molecular weight is 281 g/mol. The number of ether oxygens (including phenoxy) is 3. The Balaban J connectivity index is 1.58. The second-order valence-electron chi connectivity index (χ2n) is 5.38. The zero-order valence-electron chi connectivity index (χ0n) is 11.7. The van der Waals surface area contributed by atoms with Gasteiger partial charge in [-0.25, -0.2) is 4.39 Å². The standard InChI is InChI=1S/C15H20FNO3/c1-18-14-3-2-12(10-13(14)16)17-11-4-6-15(7-5-11)19-8-9-20-15/h2-3,10-11,17H,4-9H2,1H3. The summed E-state index contributed by atoms with van der Waals surface area (Å²) in [5, 5.41) is 3.37. The molecule has 1 spiro atoms. The molecule has 1 saturated carbocycles. The smallest absolute Gasteiger partial charge is 0.168 e. The fraction of sp³-hybridized carbons (Fsp3) is 0.600. The zero-order chi connectivity index (χ0) is 14.0. The van der Waals surface area contributed by atoms with Crippen LogP contribution in [0.3, 0.4) is 0 Å². The van der Waals surface area contributed by atoms with Gasteiger partial charge in [0, 0.05) is 30.6 Å². The number of methoxy groups -OCH3 is 1. The van der Waals surface area contributed by atoms with Crippen molar-refractivity contribution in [2.45, 2.75) is 37.5 Å². The number of nitrogens with one attached hydrogen (secondary N) is 1. The predicted molar refractivity (Wildman–Crippen MR) is 73.5 cm³/mol. The van der Waals surface area contributed by atoms with Gasteiger partial charge in [-0.2, -0.15) is 0 Å². The van der Waals surface area contributed by atoms with Gasteiger partial charge in [-0.1, -0.05) is 0 Å². The lowest BCUT2D eigenvalue weighted by atomic mass is 9.90. The predicted octanol–water partition coefficient (Wildman–Crippen LogP) is 2.93. The van der Waals surface area contributed by atoms with Gasteiger partial charge in [0.2, 0.25) is 0 Å². The summed E-state index contributed by atoms with van der Waals surface area (Å²) < 4.78 is 30.0. The largest absolute Gasteiger partial charge is 0.494 e. The van der Waals surface area contributed by atoms with Gasteiger partial charge in [0.1, 0.15) is 0 Å². The van der Waals surface area contributed by atoms with Crippen molar-refractivity contribution in [1.29, 1.82) is 0 Å². The van der Waals surface area contributed by atoms with Crippen LogP contribution in [0.2, 0.25) is 0 Å². The summed E-state index contributed by atoms with van der Waals surface area (Å²) in [6, 6.07) is 5.30. The van der Waals surface area contributed by atoms with Crippen LogP contribution in [0.5, 0.6) is 5.75 Å². The number of hydrogen-bond acceptors (Lipinski definition) is 4. The number of benzene rings is 1. The van der Waals surface area contributed by atoms with Crippen molar-refractivity contribution in [3.05, 3.63) is 24.0 Å². The molecule has 1 heterocycles. The summed E-state index contributed by atoms with van der Waals surface area (Å²) in [6.07, 6.45) is 3.72. The summed E-state index contributed by atoms with van der Waals surface area (Å²) in [6.45, 7) is 1.39. The zero-order valence-corrected chi connectivity index (χ0v) is 11.7. The van der Waals surface area contributed by atoms with E-state index in [1.807, 2.05) is 6.07 Å². The maximum atomic E-state index is 13.6. The minimum atomic E-state index is -0.344. The highest BCUT2D eigenvalue weighted by atomic mass is 19.1. The lowest BCUT2D eigenvalue weighted by molar-refractivity contribution is -0.177. The monoisotopic (exact) mass is 281 g/mol. The van der Waals surface area contributed by atoms with Crippen molar-refractivity contribution >= 4 is 5.69 Å². The van der Waals surface area contributed by atoms with Gasteiger partial charge in [0.15, 0.2) is 17.4 Å². The number of rotatable bonds is 3. The van der Waals surface area contributed by atoms with E-state index in [4.69, 9.17) is 14.2 Å². The highest BCUT2D eigenvalue weighted by molar-refractivity contribution is 5.48. The van der Waals surface area contributed by atoms with Crippen LogP contribution in [0.25, 0.3) is 0 Å². The molecule has 20 heavy (non-hydrogen) atoms. The first-order valence-corrected chi connectivity index (χ1v) is 7.09. The first-order chi connectivity index (χ1) is 9.71. The summed E-state index contributed by atoms with van der Waals surface area (Å²) in [5.41, 5.74) is 0.789. The Morgan fingerprint density at radius 3 is 2.55 bits per heavy atom. The molecule has 5 heteroatoms. The molecule has 110 valence electrons. The molecular formula is C15H20FNO3. The van der Waals surface area contributed by atoms with Gasteiger partial charge in [0.05, 0.1) is 20.3 Å². The summed E-state index contributed by atoms with van der Waals surface area (Å²) in [4.78, 5) is 0. The average Bonchev–Trinajstić information content (AvgIpc) is 2.90. The van der Waals surface area contributed by atoms with Crippen molar-refractivity contribution in [3.8, 4) is 5.75 Å². The van der Waals surface area contributed by atoms with Crippen LogP contribution >= 0.6 is 0 Å². The first kappa shape index (κ1) is 13.6. The van der Waals surface area contributed by atoms with E-state index in [0.29, 0.717) is 19.3 Å². The molecule has 2 fully saturated rings. The number of halogens is 1. The molecule has 4 nitrogen and oxygen atoms in total. The minimum absolute atomic E-state index is 0.269. The normalized spacial score (nSPS) is 22.1. The quantitative estimate of drug-likeness (QED) is 0.924. The third kappa shape index (κ3) is 2.74. The summed E-state index contributed by atoms with van der Waals surface area (Å²) in [5.74, 6) is -0.415. The number of anilines is 1. The lowest BCUT2D eigenvalue weighted by Crippen LogP contribution is -2.39. The summed E-state index contributed by atoms with van der Waals surface area (Å²) in [7, 11) is 1.47. The molecule has 0 atom stereocenters. The Kier molecular flexibility index (Phi) is 3.81. The molecule has 2 aliphatic rings. The van der Waals surface area contributed by atoms with Crippen LogP contribution in [0.15, 0.2) is 18.2 Å². The van der Waals surface area contributed by atoms with Crippen LogP contribution in [0.1, 0.15) is 25.7 Å². The molecular weight excluding hydrogens is 261 g/mol. The third-order valence-corrected chi connectivity index (χ3v) is 4.08. The van der Waals surface area contributed by atoms with Gasteiger partial charge in [0.25, 0.3) is 0 Å². The lowest BCUT2D eigenvalue weighted by Gasteiger charge is -2.36. The highest BCUT2D eigenvalue weighted by Crippen LogP contribution is 2.36. The molecule has 1 aromatic carbocycles. The van der Waals surface area contributed by atoms with Gasteiger partial charge < -0.3 is 19.5 Å². The van der Waals surface area contributed by atoms with Crippen LogP contribution in [0, 0.1) is 5.82 Å². The van der Waals surface area contributed by atoms with Gasteiger partial charge >= 0.3 is 0 Å². The topological polar surface area (TPSA) is 39.7 Å². The van der Waals surface area contributed by atoms with E-state index >= 15 is 0 Å². The Morgan fingerprint density at radius 2 is 1.95 bits per heavy atom. The second kappa shape index (κ2) is 5.58. The molecule has 0 radical (unpaired) electrons. The molecule has 1 aliphatic carbocycles. The van der Waals surface area contributed by atoms with E-state index in [0.717, 1.165) is 31.4 Å². The van der Waals surface area contributed by atoms with Gasteiger partial charge in [-0.05, 0) is 25.0 Å². The van der Waals surface area contributed by atoms with Crippen molar-refractivity contribution in [1.82, 2.24) is 0 Å². The van der Waals surface area contributed by atoms with Crippen LogP contribution in [0.4, 0.5) is 10.1 Å². The van der Waals surface area contributed by atoms with Gasteiger partial charge in [-0.3, -0.25) is 0 Å². The SMILES string of the molecule is COc1ccc(NC2CCC3(CC2)OCCO3)cc1F. The van der Waals surface area contributed by atoms with Gasteiger partial charge in [-0.15, -0.1) is 0 Å². The molecule has 1 aliphatic heterocycles. The molecule has 3 rings (SSSR count). The molecule has 0 amide bonds. The fourth-order valence-corrected chi connectivity index (χ4v) is 2.98. The van der Waals surface area contributed by atoms with E-state index in [9.17, 15) is 4.39 Å². The van der Waals surface area contributed by atoms with Crippen LogP contribution in [-0.4, -0.2) is 32.2 Å². The van der Waals surface area contributed by atoms with E-state index < -0.39 is 0 Å². The van der Waals surface area contributed by atoms with Crippen molar-refractivity contribution in [2.75, 3.05) is 25.6 Å². The van der Waals surface area contributed by atoms with E-state index in [1.165, 1.54) is 13.2 Å².